The molecule has 0 unspecified atom stereocenters. The van der Waals surface area contributed by atoms with Crippen LogP contribution in [0.25, 0.3) is 0 Å². The van der Waals surface area contributed by atoms with Gasteiger partial charge in [-0.25, -0.2) is 4.98 Å². The summed E-state index contributed by atoms with van der Waals surface area (Å²) in [5.41, 5.74) is -0.568. The van der Waals surface area contributed by atoms with Crippen LogP contribution < -0.4 is 16.0 Å². The molecule has 1 aliphatic rings. The number of nitrogens with one attached hydrogen (secondary N) is 3. The van der Waals surface area contributed by atoms with Crippen LogP contribution in [0.2, 0.25) is 0 Å². The third-order valence-corrected chi connectivity index (χ3v) is 4.65. The molecule has 11 heteroatoms. The summed E-state index contributed by atoms with van der Waals surface area (Å²) in [5.74, 6) is -0.971. The van der Waals surface area contributed by atoms with E-state index in [9.17, 15) is 22.8 Å². The number of rotatable bonds is 7. The molecule has 31 heavy (non-hydrogen) atoms. The van der Waals surface area contributed by atoms with E-state index in [1.807, 2.05) is 0 Å². The number of anilines is 4. The first-order valence-electron chi connectivity index (χ1n) is 9.49. The van der Waals surface area contributed by atoms with Crippen molar-refractivity contribution < 1.29 is 22.8 Å². The Hall–Kier alpha value is -3.63. The summed E-state index contributed by atoms with van der Waals surface area (Å²) < 4.78 is 40.6. The number of carbonyl (C=O) groups excluding carboxylic acids is 2. The van der Waals surface area contributed by atoms with Gasteiger partial charge >= 0.3 is 6.18 Å². The quantitative estimate of drug-likeness (QED) is 0.456. The first-order chi connectivity index (χ1) is 14.8. The summed E-state index contributed by atoms with van der Waals surface area (Å²) in [5, 5.41) is 8.17. The number of benzene rings is 1. The van der Waals surface area contributed by atoms with Crippen molar-refractivity contribution in [1.29, 1.82) is 0 Å². The average molecular weight is 434 g/mol. The van der Waals surface area contributed by atoms with Crippen LogP contribution in [0, 0.1) is 0 Å². The number of halogens is 3. The van der Waals surface area contributed by atoms with Crippen LogP contribution in [-0.4, -0.2) is 46.3 Å². The smallest absolute Gasteiger partial charge is 0.350 e. The van der Waals surface area contributed by atoms with Crippen molar-refractivity contribution in [3.63, 3.8) is 0 Å². The largest absolute Gasteiger partial charge is 0.421 e. The lowest BCUT2D eigenvalue weighted by molar-refractivity contribution is -0.137. The van der Waals surface area contributed by atoms with Gasteiger partial charge in [-0.3, -0.25) is 9.59 Å². The maximum absolute atomic E-state index is 13.5. The molecule has 1 atom stereocenters. The van der Waals surface area contributed by atoms with Crippen molar-refractivity contribution in [2.24, 2.45) is 0 Å². The Balaban J connectivity index is 1.89. The first-order valence-corrected chi connectivity index (χ1v) is 9.49. The average Bonchev–Trinajstić information content (AvgIpc) is 2.74. The second-order valence-electron chi connectivity index (χ2n) is 6.90. The maximum atomic E-state index is 13.5. The van der Waals surface area contributed by atoms with Crippen molar-refractivity contribution in [1.82, 2.24) is 14.9 Å². The van der Waals surface area contributed by atoms with Crippen molar-refractivity contribution >= 4 is 35.5 Å². The third-order valence-electron chi connectivity index (χ3n) is 4.65. The molecule has 3 N–H and O–H groups in total. The molecule has 1 fully saturated rings. The molecular weight excluding hydrogens is 413 g/mol. The summed E-state index contributed by atoms with van der Waals surface area (Å²) in [6, 6.07) is 6.10. The molecule has 1 saturated heterocycles. The Morgan fingerprint density at radius 1 is 1.26 bits per heavy atom. The Bertz CT molecular complexity index is 966. The molecule has 1 aliphatic heterocycles. The van der Waals surface area contributed by atoms with E-state index in [4.69, 9.17) is 0 Å². The Kier molecular flexibility index (Phi) is 6.73. The molecule has 0 radical (unpaired) electrons. The molecule has 2 heterocycles. The molecule has 8 nitrogen and oxygen atoms in total. The molecule has 3 rings (SSSR count). The van der Waals surface area contributed by atoms with Gasteiger partial charge in [-0.2, -0.15) is 18.2 Å². The fourth-order valence-corrected chi connectivity index (χ4v) is 3.17. The van der Waals surface area contributed by atoms with E-state index >= 15 is 0 Å². The van der Waals surface area contributed by atoms with Gasteiger partial charge in [-0.05, 0) is 31.1 Å². The van der Waals surface area contributed by atoms with Crippen LogP contribution in [0.5, 0.6) is 0 Å². The van der Waals surface area contributed by atoms with Gasteiger partial charge < -0.3 is 20.9 Å². The first kappa shape index (κ1) is 22.1. The van der Waals surface area contributed by atoms with Gasteiger partial charge in [-0.1, -0.05) is 18.7 Å². The number of piperidine rings is 1. The molecule has 1 aromatic heterocycles. The zero-order chi connectivity index (χ0) is 22.4. The van der Waals surface area contributed by atoms with Crippen LogP contribution in [0.4, 0.5) is 36.3 Å². The second-order valence-corrected chi connectivity index (χ2v) is 6.90. The number of aromatic nitrogens is 2. The van der Waals surface area contributed by atoms with Crippen molar-refractivity contribution in [3.05, 3.63) is 48.7 Å². The topological polar surface area (TPSA) is 99.2 Å². The normalized spacial score (nSPS) is 16.4. The third kappa shape index (κ3) is 5.71. The highest BCUT2D eigenvalue weighted by Gasteiger charge is 2.35. The van der Waals surface area contributed by atoms with Gasteiger partial charge in [0.25, 0.3) is 0 Å². The van der Waals surface area contributed by atoms with Gasteiger partial charge in [0.1, 0.15) is 11.4 Å². The van der Waals surface area contributed by atoms with Crippen LogP contribution in [-0.2, 0) is 15.8 Å². The predicted molar refractivity (Wildman–Crippen MR) is 110 cm³/mol. The fourth-order valence-electron chi connectivity index (χ4n) is 3.17. The van der Waals surface area contributed by atoms with E-state index in [1.54, 1.807) is 17.0 Å². The number of carbonyl (C=O) groups is 2. The lowest BCUT2D eigenvalue weighted by Crippen LogP contribution is -2.41. The summed E-state index contributed by atoms with van der Waals surface area (Å²) in [6.45, 7) is 4.40. The maximum Gasteiger partial charge on any atom is 0.421 e. The lowest BCUT2D eigenvalue weighted by Gasteiger charge is -2.30. The van der Waals surface area contributed by atoms with E-state index in [1.165, 1.54) is 12.1 Å². The number of alkyl halides is 3. The number of hydrogen-bond donors (Lipinski definition) is 3. The Morgan fingerprint density at radius 3 is 2.68 bits per heavy atom. The number of hydrogen-bond acceptors (Lipinski definition) is 6. The number of nitrogens with zero attached hydrogens (tertiary/aromatic N) is 3. The minimum atomic E-state index is -4.70. The van der Waals surface area contributed by atoms with Crippen LogP contribution in [0.1, 0.15) is 18.4 Å². The minimum absolute atomic E-state index is 0.000794. The van der Waals surface area contributed by atoms with Crippen molar-refractivity contribution in [3.8, 4) is 0 Å². The summed E-state index contributed by atoms with van der Waals surface area (Å²) in [6.07, 6.45) is -0.713. The molecule has 0 saturated carbocycles. The standard InChI is InChI=1S/C20H21F3N6O2/c1-2-17(31)26-15-7-3-4-8-16(15)27-18-14(20(21,22)23)10-24-19(28-18)25-13-6-5-9-29(11-13)12-30/h2-4,7-8,10,12-13H,1,5-6,9,11H2,(H,26,31)(H2,24,25,27,28)/t13-/m0/s1. The van der Waals surface area contributed by atoms with Gasteiger partial charge in [0, 0.05) is 25.3 Å². The fraction of sp³-hybridized carbons (Fsp3) is 0.300. The molecule has 164 valence electrons. The summed E-state index contributed by atoms with van der Waals surface area (Å²) >= 11 is 0. The SMILES string of the molecule is C=CC(=O)Nc1ccccc1Nc1nc(N[C@H]2CCCN(C=O)C2)ncc1C(F)(F)F. The zero-order valence-electron chi connectivity index (χ0n) is 16.4. The number of para-hydroxylation sites is 2. The predicted octanol–water partition coefficient (Wildman–Crippen LogP) is 3.40. The van der Waals surface area contributed by atoms with E-state index < -0.39 is 23.5 Å². The van der Waals surface area contributed by atoms with Crippen LogP contribution in [0.3, 0.4) is 0 Å². The van der Waals surface area contributed by atoms with Crippen molar-refractivity contribution in [2.75, 3.05) is 29.0 Å². The van der Waals surface area contributed by atoms with Crippen LogP contribution >= 0.6 is 0 Å². The molecule has 1 aromatic carbocycles. The highest BCUT2D eigenvalue weighted by Crippen LogP contribution is 2.36. The van der Waals surface area contributed by atoms with Gasteiger partial charge in [-0.15, -0.1) is 0 Å². The van der Waals surface area contributed by atoms with E-state index in [0.29, 0.717) is 19.3 Å². The van der Waals surface area contributed by atoms with Crippen LogP contribution in [0.15, 0.2) is 43.1 Å². The molecular formula is C20H21F3N6O2. The molecule has 2 amide bonds. The van der Waals surface area contributed by atoms with Gasteiger partial charge in [0.2, 0.25) is 18.3 Å². The van der Waals surface area contributed by atoms with Gasteiger partial charge in [0.05, 0.1) is 11.4 Å². The highest BCUT2D eigenvalue weighted by atomic mass is 19.4. The monoisotopic (exact) mass is 434 g/mol. The molecule has 0 bridgehead atoms. The Labute approximate surface area is 176 Å². The Morgan fingerprint density at radius 2 is 2.00 bits per heavy atom. The van der Waals surface area contributed by atoms with Gasteiger partial charge in [0.15, 0.2) is 0 Å². The molecule has 0 spiro atoms. The highest BCUT2D eigenvalue weighted by molar-refractivity contribution is 6.01. The van der Waals surface area contributed by atoms with Crippen molar-refractivity contribution in [2.45, 2.75) is 25.1 Å². The van der Waals surface area contributed by atoms with E-state index in [0.717, 1.165) is 25.3 Å². The second kappa shape index (κ2) is 9.45. The lowest BCUT2D eigenvalue weighted by atomic mass is 10.1. The number of amides is 2. The summed E-state index contributed by atoms with van der Waals surface area (Å²) in [7, 11) is 0. The minimum Gasteiger partial charge on any atom is -0.350 e. The summed E-state index contributed by atoms with van der Waals surface area (Å²) in [4.78, 5) is 32.1. The van der Waals surface area contributed by atoms with E-state index in [-0.39, 0.29) is 23.4 Å². The molecule has 0 aliphatic carbocycles. The van der Waals surface area contributed by atoms with E-state index in [2.05, 4.69) is 32.5 Å². The number of likely N-dealkylation sites (tertiary alicyclic amines) is 1. The zero-order valence-corrected chi connectivity index (χ0v) is 16.4. The molecule has 2 aromatic rings.